The van der Waals surface area contributed by atoms with Crippen LogP contribution < -0.4 is 5.32 Å². The summed E-state index contributed by atoms with van der Waals surface area (Å²) in [5.74, 6) is -0.201. The van der Waals surface area contributed by atoms with E-state index < -0.39 is 10.1 Å². The van der Waals surface area contributed by atoms with E-state index in [4.69, 9.17) is 4.55 Å². The number of aryl methyl sites for hydroxylation is 1. The zero-order chi connectivity index (χ0) is 12.0. The highest BCUT2D eigenvalue weighted by molar-refractivity contribution is 7.85. The molecule has 0 aliphatic rings. The van der Waals surface area contributed by atoms with Crippen molar-refractivity contribution in [3.63, 3.8) is 0 Å². The summed E-state index contributed by atoms with van der Waals surface area (Å²) in [5, 5.41) is 3.09. The van der Waals surface area contributed by atoms with E-state index in [0.717, 1.165) is 12.1 Å². The van der Waals surface area contributed by atoms with Crippen LogP contribution in [0.4, 0.5) is 5.69 Å². The molecule has 0 fully saturated rings. The molecule has 0 aliphatic heterocycles. The van der Waals surface area contributed by atoms with Gasteiger partial charge in [0.25, 0.3) is 10.1 Å². The molecule has 0 bridgehead atoms. The summed E-state index contributed by atoms with van der Waals surface area (Å²) in [6.07, 6.45) is 1.40. The van der Waals surface area contributed by atoms with Gasteiger partial charge < -0.3 is 5.32 Å². The van der Waals surface area contributed by atoms with E-state index in [1.807, 2.05) is 24.3 Å². The largest absolute Gasteiger partial charge is 0.385 e. The summed E-state index contributed by atoms with van der Waals surface area (Å²) in [7, 11) is -3.83. The molecule has 16 heavy (non-hydrogen) atoms. The van der Waals surface area contributed by atoms with Gasteiger partial charge in [0.1, 0.15) is 0 Å². The van der Waals surface area contributed by atoms with Crippen LogP contribution in [-0.2, 0) is 16.5 Å². The molecule has 0 saturated heterocycles. The summed E-state index contributed by atoms with van der Waals surface area (Å²) in [5.41, 5.74) is 2.23. The third-order valence-electron chi connectivity index (χ3n) is 2.27. The van der Waals surface area contributed by atoms with E-state index in [2.05, 4.69) is 12.2 Å². The first-order valence-electron chi connectivity index (χ1n) is 5.29. The van der Waals surface area contributed by atoms with E-state index >= 15 is 0 Å². The molecule has 4 nitrogen and oxygen atoms in total. The van der Waals surface area contributed by atoms with Crippen LogP contribution >= 0.6 is 0 Å². The lowest BCUT2D eigenvalue weighted by Gasteiger charge is -2.06. The van der Waals surface area contributed by atoms with E-state index in [1.54, 1.807) is 0 Å². The molecule has 0 atom stereocenters. The van der Waals surface area contributed by atoms with Crippen molar-refractivity contribution in [3.8, 4) is 0 Å². The van der Waals surface area contributed by atoms with Gasteiger partial charge in [0.15, 0.2) is 0 Å². The van der Waals surface area contributed by atoms with Gasteiger partial charge in [-0.15, -0.1) is 0 Å². The minimum atomic E-state index is -3.83. The summed E-state index contributed by atoms with van der Waals surface area (Å²) < 4.78 is 29.4. The highest BCUT2D eigenvalue weighted by atomic mass is 32.2. The number of hydrogen-bond acceptors (Lipinski definition) is 3. The van der Waals surface area contributed by atoms with Gasteiger partial charge in [-0.1, -0.05) is 19.1 Å². The molecular weight excluding hydrogens is 226 g/mol. The average molecular weight is 243 g/mol. The first kappa shape index (κ1) is 13.0. The zero-order valence-corrected chi connectivity index (χ0v) is 10.1. The lowest BCUT2D eigenvalue weighted by Crippen LogP contribution is -2.10. The monoisotopic (exact) mass is 243 g/mol. The second kappa shape index (κ2) is 5.86. The summed E-state index contributed by atoms with van der Waals surface area (Å²) >= 11 is 0. The normalized spacial score (nSPS) is 11.4. The maximum absolute atomic E-state index is 10.5. The minimum absolute atomic E-state index is 0.201. The van der Waals surface area contributed by atoms with Gasteiger partial charge in [-0.05, 0) is 30.5 Å². The Balaban J connectivity index is 2.32. The smallest absolute Gasteiger partial charge is 0.264 e. The maximum Gasteiger partial charge on any atom is 0.264 e. The van der Waals surface area contributed by atoms with E-state index in [0.29, 0.717) is 13.0 Å². The van der Waals surface area contributed by atoms with Crippen LogP contribution in [0.3, 0.4) is 0 Å². The summed E-state index contributed by atoms with van der Waals surface area (Å²) in [4.78, 5) is 0. The standard InChI is InChI=1S/C11H17NO3S/c1-2-10-4-6-11(7-5-10)12-8-3-9-16(13,14)15/h4-7,12H,2-3,8-9H2,1H3,(H,13,14,15). The van der Waals surface area contributed by atoms with Gasteiger partial charge in [0.2, 0.25) is 0 Å². The third-order valence-corrected chi connectivity index (χ3v) is 3.07. The fourth-order valence-corrected chi connectivity index (χ4v) is 1.85. The van der Waals surface area contributed by atoms with Crippen LogP contribution in [-0.4, -0.2) is 25.3 Å². The lowest BCUT2D eigenvalue weighted by molar-refractivity contribution is 0.481. The summed E-state index contributed by atoms with van der Waals surface area (Å²) in [6, 6.07) is 7.99. The number of nitrogens with one attached hydrogen (secondary N) is 1. The van der Waals surface area contributed by atoms with Crippen molar-refractivity contribution in [3.05, 3.63) is 29.8 Å². The van der Waals surface area contributed by atoms with Crippen molar-refractivity contribution in [1.82, 2.24) is 0 Å². The molecule has 0 aliphatic carbocycles. The topological polar surface area (TPSA) is 66.4 Å². The Morgan fingerprint density at radius 2 is 1.88 bits per heavy atom. The molecular formula is C11H17NO3S. The Hall–Kier alpha value is -1.07. The highest BCUT2D eigenvalue weighted by Gasteiger charge is 2.02. The molecule has 1 aromatic rings. The Bertz CT molecular complexity index is 411. The van der Waals surface area contributed by atoms with Crippen molar-refractivity contribution in [2.24, 2.45) is 0 Å². The van der Waals surface area contributed by atoms with Gasteiger partial charge in [-0.3, -0.25) is 4.55 Å². The lowest BCUT2D eigenvalue weighted by atomic mass is 10.1. The van der Waals surface area contributed by atoms with Crippen molar-refractivity contribution in [2.75, 3.05) is 17.6 Å². The molecule has 0 unspecified atom stereocenters. The molecule has 0 aromatic heterocycles. The molecule has 1 aromatic carbocycles. The van der Waals surface area contributed by atoms with Crippen LogP contribution in [0.15, 0.2) is 24.3 Å². The number of benzene rings is 1. The average Bonchev–Trinajstić information content (AvgIpc) is 2.24. The van der Waals surface area contributed by atoms with Gasteiger partial charge in [-0.25, -0.2) is 0 Å². The highest BCUT2D eigenvalue weighted by Crippen LogP contribution is 2.09. The first-order valence-corrected chi connectivity index (χ1v) is 6.90. The Morgan fingerprint density at radius 1 is 1.25 bits per heavy atom. The van der Waals surface area contributed by atoms with E-state index in [9.17, 15) is 8.42 Å². The zero-order valence-electron chi connectivity index (χ0n) is 9.31. The molecule has 0 radical (unpaired) electrons. The second-order valence-electron chi connectivity index (χ2n) is 3.62. The Morgan fingerprint density at radius 3 is 2.38 bits per heavy atom. The van der Waals surface area contributed by atoms with Crippen LogP contribution in [0.5, 0.6) is 0 Å². The van der Waals surface area contributed by atoms with Crippen LogP contribution in [0, 0.1) is 0 Å². The molecule has 0 heterocycles. The van der Waals surface area contributed by atoms with Crippen molar-refractivity contribution < 1.29 is 13.0 Å². The van der Waals surface area contributed by atoms with Crippen LogP contribution in [0.2, 0.25) is 0 Å². The molecule has 0 spiro atoms. The number of hydrogen-bond donors (Lipinski definition) is 2. The predicted molar refractivity (Wildman–Crippen MR) is 65.3 cm³/mol. The Labute approximate surface area is 96.4 Å². The quantitative estimate of drug-likeness (QED) is 0.592. The fraction of sp³-hybridized carbons (Fsp3) is 0.455. The van der Waals surface area contributed by atoms with Crippen molar-refractivity contribution in [1.29, 1.82) is 0 Å². The minimum Gasteiger partial charge on any atom is -0.385 e. The van der Waals surface area contributed by atoms with Crippen molar-refractivity contribution in [2.45, 2.75) is 19.8 Å². The number of rotatable bonds is 6. The molecule has 0 saturated carbocycles. The van der Waals surface area contributed by atoms with Crippen molar-refractivity contribution >= 4 is 15.8 Å². The molecule has 1 rings (SSSR count). The predicted octanol–water partition coefficient (Wildman–Crippen LogP) is 1.94. The molecule has 0 amide bonds. The van der Waals surface area contributed by atoms with Gasteiger partial charge >= 0.3 is 0 Å². The van der Waals surface area contributed by atoms with Gasteiger partial charge in [0.05, 0.1) is 5.75 Å². The second-order valence-corrected chi connectivity index (χ2v) is 5.19. The van der Waals surface area contributed by atoms with Crippen LogP contribution in [0.1, 0.15) is 18.9 Å². The first-order chi connectivity index (χ1) is 7.51. The molecule has 2 N–H and O–H groups in total. The SMILES string of the molecule is CCc1ccc(NCCCS(=O)(=O)O)cc1. The van der Waals surface area contributed by atoms with Crippen LogP contribution in [0.25, 0.3) is 0 Å². The van der Waals surface area contributed by atoms with E-state index in [-0.39, 0.29) is 5.75 Å². The number of anilines is 1. The maximum atomic E-state index is 10.5. The Kier molecular flexibility index (Phi) is 4.76. The van der Waals surface area contributed by atoms with E-state index in [1.165, 1.54) is 5.56 Å². The third kappa shape index (κ3) is 5.14. The van der Waals surface area contributed by atoms with Gasteiger partial charge in [0, 0.05) is 12.2 Å². The van der Waals surface area contributed by atoms with Gasteiger partial charge in [-0.2, -0.15) is 8.42 Å². The molecule has 5 heteroatoms. The molecule has 90 valence electrons. The summed E-state index contributed by atoms with van der Waals surface area (Å²) in [6.45, 7) is 2.62. The fourth-order valence-electron chi connectivity index (χ4n) is 1.35.